The summed E-state index contributed by atoms with van der Waals surface area (Å²) in [5, 5.41) is 49.8. The van der Waals surface area contributed by atoms with E-state index in [4.69, 9.17) is 15.6 Å². The molecule has 0 heterocycles. The summed E-state index contributed by atoms with van der Waals surface area (Å²) < 4.78 is 5.49. The Balaban J connectivity index is 0.000000355. The topological polar surface area (TPSA) is 229 Å². The summed E-state index contributed by atoms with van der Waals surface area (Å²) in [6.07, 6.45) is 0.844. The molecule has 15 heteroatoms. The van der Waals surface area contributed by atoms with Crippen molar-refractivity contribution in [3.8, 4) is 11.8 Å². The average molecular weight is 490 g/mol. The Hall–Kier alpha value is -4.84. The molecule has 0 aliphatic heterocycles. The van der Waals surface area contributed by atoms with E-state index in [1.165, 1.54) is 11.9 Å². The Kier molecular flexibility index (Phi) is 10.00. The quantitative estimate of drug-likeness (QED) is 0.296. The van der Waals surface area contributed by atoms with Gasteiger partial charge < -0.3 is 20.5 Å². The van der Waals surface area contributed by atoms with Crippen molar-refractivity contribution in [2.45, 2.75) is 18.9 Å². The Morgan fingerprint density at radius 3 is 2.00 bits per heavy atom. The number of nitro benzene ring substituents is 3. The molecule has 186 valence electrons. The molecule has 0 saturated carbocycles. The number of hydrogen-bond donors (Lipinski definition) is 2. The van der Waals surface area contributed by atoms with Crippen molar-refractivity contribution in [1.82, 2.24) is 4.90 Å². The number of non-ortho nitro benzene ring substituents is 1. The third-order valence-corrected chi connectivity index (χ3v) is 4.66. The van der Waals surface area contributed by atoms with Crippen molar-refractivity contribution >= 4 is 23.1 Å². The Labute approximate surface area is 198 Å². The molecule has 0 aliphatic rings. The molecule has 0 aromatic heterocycles. The molecule has 0 saturated heterocycles. The molecule has 2 rings (SSSR count). The van der Waals surface area contributed by atoms with Crippen LogP contribution in [0, 0.1) is 41.7 Å². The van der Waals surface area contributed by atoms with Gasteiger partial charge in [-0.25, -0.2) is 4.79 Å². The number of hydrogen-bond acceptors (Lipinski definition) is 10. The van der Waals surface area contributed by atoms with Gasteiger partial charge in [0.1, 0.15) is 0 Å². The number of ether oxygens (including phenoxy) is 1. The first-order chi connectivity index (χ1) is 16.4. The van der Waals surface area contributed by atoms with Crippen molar-refractivity contribution in [2.24, 2.45) is 5.73 Å². The number of amides is 2. The van der Waals surface area contributed by atoms with Crippen LogP contribution in [0.25, 0.3) is 0 Å². The van der Waals surface area contributed by atoms with E-state index in [0.717, 1.165) is 6.42 Å². The highest BCUT2D eigenvalue weighted by Gasteiger charge is 2.39. The fraction of sp³-hybridized carbons (Fsp3) is 0.300. The zero-order valence-corrected chi connectivity index (χ0v) is 18.7. The van der Waals surface area contributed by atoms with Crippen LogP contribution < -0.4 is 5.73 Å². The fourth-order valence-corrected chi connectivity index (χ4v) is 2.79. The lowest BCUT2D eigenvalue weighted by Gasteiger charge is -2.35. The number of carbonyl (C=O) groups excluding carboxylic acids is 1. The predicted octanol–water partition coefficient (Wildman–Crippen LogP) is 2.96. The van der Waals surface area contributed by atoms with Gasteiger partial charge in [-0.1, -0.05) is 37.3 Å². The standard InChI is InChI=1S/C14H19N3O2.C6H3N3O7/c1-3-9-19-11-14(10-15,17(2)13(16)18)12-7-5-4-6-8-12;10-6-4(8(13)14)1-3(7(11)12)2-5(6)9(15)16/h4-8H,3,9,11H2,1-2H3,(H2,16,18);1-2,10H. The van der Waals surface area contributed by atoms with Gasteiger partial charge in [-0.15, -0.1) is 0 Å². The van der Waals surface area contributed by atoms with E-state index in [9.17, 15) is 40.4 Å². The highest BCUT2D eigenvalue weighted by atomic mass is 16.6. The largest absolute Gasteiger partial charge is 0.497 e. The third kappa shape index (κ3) is 6.82. The van der Waals surface area contributed by atoms with Gasteiger partial charge in [0.2, 0.25) is 0 Å². The number of nitriles is 1. The lowest BCUT2D eigenvalue weighted by atomic mass is 9.90. The zero-order valence-electron chi connectivity index (χ0n) is 18.7. The minimum Gasteiger partial charge on any atom is -0.497 e. The molecule has 2 aromatic carbocycles. The lowest BCUT2D eigenvalue weighted by molar-refractivity contribution is -0.404. The van der Waals surface area contributed by atoms with Gasteiger partial charge in [0, 0.05) is 13.7 Å². The van der Waals surface area contributed by atoms with Gasteiger partial charge in [-0.05, 0) is 12.0 Å². The molecule has 1 unspecified atom stereocenters. The minimum atomic E-state index is -1.21. The molecule has 1 atom stereocenters. The number of nitrogens with two attached hydrogens (primary N) is 1. The van der Waals surface area contributed by atoms with Gasteiger partial charge in [0.25, 0.3) is 11.4 Å². The molecule has 0 bridgehead atoms. The number of phenols is 1. The predicted molar refractivity (Wildman–Crippen MR) is 120 cm³/mol. The second-order valence-electron chi connectivity index (χ2n) is 6.89. The van der Waals surface area contributed by atoms with Gasteiger partial charge in [0.15, 0.2) is 5.54 Å². The molecule has 2 amide bonds. The maximum Gasteiger partial charge on any atom is 0.324 e. The summed E-state index contributed by atoms with van der Waals surface area (Å²) in [5.74, 6) is -1.21. The van der Waals surface area contributed by atoms with Crippen LogP contribution >= 0.6 is 0 Å². The number of carbonyl (C=O) groups is 1. The number of nitro groups is 3. The van der Waals surface area contributed by atoms with E-state index in [1.807, 2.05) is 25.1 Å². The second kappa shape index (κ2) is 12.4. The maximum absolute atomic E-state index is 11.5. The second-order valence-corrected chi connectivity index (χ2v) is 6.89. The van der Waals surface area contributed by atoms with Crippen LogP contribution in [-0.4, -0.2) is 51.1 Å². The molecule has 3 N–H and O–H groups in total. The van der Waals surface area contributed by atoms with Crippen LogP contribution in [0.4, 0.5) is 21.9 Å². The van der Waals surface area contributed by atoms with Crippen LogP contribution in [-0.2, 0) is 10.3 Å². The van der Waals surface area contributed by atoms with Crippen molar-refractivity contribution in [3.05, 3.63) is 78.4 Å². The van der Waals surface area contributed by atoms with Gasteiger partial charge in [-0.2, -0.15) is 5.26 Å². The molecule has 0 aliphatic carbocycles. The minimum absolute atomic E-state index is 0.0980. The maximum atomic E-state index is 11.5. The number of benzene rings is 2. The average Bonchev–Trinajstić information content (AvgIpc) is 2.82. The Morgan fingerprint density at radius 1 is 1.11 bits per heavy atom. The fourth-order valence-electron chi connectivity index (χ4n) is 2.79. The van der Waals surface area contributed by atoms with E-state index >= 15 is 0 Å². The van der Waals surface area contributed by atoms with Crippen LogP contribution in [0.15, 0.2) is 42.5 Å². The van der Waals surface area contributed by atoms with Gasteiger partial charge in [-0.3, -0.25) is 30.3 Å². The first-order valence-corrected chi connectivity index (χ1v) is 9.80. The number of nitrogens with zero attached hydrogens (tertiary/aromatic N) is 5. The van der Waals surface area contributed by atoms with Crippen LogP contribution in [0.3, 0.4) is 0 Å². The summed E-state index contributed by atoms with van der Waals surface area (Å²) in [4.78, 5) is 40.4. The van der Waals surface area contributed by atoms with Crippen molar-refractivity contribution < 1.29 is 29.4 Å². The molecular weight excluding hydrogens is 468 g/mol. The van der Waals surface area contributed by atoms with Crippen molar-refractivity contribution in [1.29, 1.82) is 5.26 Å². The van der Waals surface area contributed by atoms with Crippen LogP contribution in [0.1, 0.15) is 18.9 Å². The van der Waals surface area contributed by atoms with Gasteiger partial charge >= 0.3 is 17.4 Å². The molecular formula is C20H22N6O9. The molecule has 0 fully saturated rings. The summed E-state index contributed by atoms with van der Waals surface area (Å²) >= 11 is 0. The number of aromatic hydroxyl groups is 1. The summed E-state index contributed by atoms with van der Waals surface area (Å²) in [6, 6.07) is 11.5. The summed E-state index contributed by atoms with van der Waals surface area (Å²) in [7, 11) is 1.51. The number of likely N-dealkylation sites (N-methyl/N-ethyl adjacent to an activating group) is 1. The molecule has 2 aromatic rings. The molecule has 0 radical (unpaired) electrons. The number of urea groups is 1. The lowest BCUT2D eigenvalue weighted by Crippen LogP contribution is -2.51. The molecule has 0 spiro atoms. The molecule has 35 heavy (non-hydrogen) atoms. The zero-order chi connectivity index (χ0) is 26.8. The van der Waals surface area contributed by atoms with E-state index in [-0.39, 0.29) is 6.61 Å². The molecule has 15 nitrogen and oxygen atoms in total. The third-order valence-electron chi connectivity index (χ3n) is 4.66. The normalized spacial score (nSPS) is 11.7. The number of primary amides is 1. The van der Waals surface area contributed by atoms with Crippen molar-refractivity contribution in [3.63, 3.8) is 0 Å². The van der Waals surface area contributed by atoms with Crippen LogP contribution in [0.5, 0.6) is 5.75 Å². The first kappa shape index (κ1) is 28.2. The Bertz CT molecular complexity index is 1100. The van der Waals surface area contributed by atoms with Gasteiger partial charge in [0.05, 0.1) is 39.6 Å². The number of phenolic OH excluding ortho intramolecular Hbond substituents is 1. The van der Waals surface area contributed by atoms with Crippen molar-refractivity contribution in [2.75, 3.05) is 20.3 Å². The van der Waals surface area contributed by atoms with E-state index < -0.39 is 49.2 Å². The number of rotatable bonds is 9. The van der Waals surface area contributed by atoms with E-state index in [0.29, 0.717) is 24.3 Å². The first-order valence-electron chi connectivity index (χ1n) is 9.80. The van der Waals surface area contributed by atoms with E-state index in [1.54, 1.807) is 12.1 Å². The Morgan fingerprint density at radius 2 is 1.63 bits per heavy atom. The SMILES string of the molecule is CCCOCC(C#N)(c1ccccc1)N(C)C(N)=O.O=[N+]([O-])c1cc([N+](=O)[O-])c(O)c([N+](=O)[O-])c1. The summed E-state index contributed by atoms with van der Waals surface area (Å²) in [6.45, 7) is 2.61. The highest BCUT2D eigenvalue weighted by molar-refractivity contribution is 5.73. The van der Waals surface area contributed by atoms with E-state index in [2.05, 4.69) is 6.07 Å². The van der Waals surface area contributed by atoms with Crippen LogP contribution in [0.2, 0.25) is 0 Å². The monoisotopic (exact) mass is 490 g/mol. The highest BCUT2D eigenvalue weighted by Crippen LogP contribution is 2.39. The smallest absolute Gasteiger partial charge is 0.324 e. The summed E-state index contributed by atoms with van der Waals surface area (Å²) in [5.41, 5.74) is 1.82.